The third-order valence-electron chi connectivity index (χ3n) is 4.98. The number of aliphatic hydroxyl groups is 1. The Kier molecular flexibility index (Phi) is 10.6. The fourth-order valence-corrected chi connectivity index (χ4v) is 3.18. The number of carbonyl (C=O) groups excluding carboxylic acids is 1. The van der Waals surface area contributed by atoms with E-state index in [1.54, 1.807) is 12.1 Å². The van der Waals surface area contributed by atoms with Crippen LogP contribution in [0.4, 0.5) is 0 Å². The van der Waals surface area contributed by atoms with E-state index >= 15 is 0 Å². The van der Waals surface area contributed by atoms with Gasteiger partial charge >= 0.3 is 0 Å². The average molecular weight is 399 g/mol. The summed E-state index contributed by atoms with van der Waals surface area (Å²) >= 11 is 0. The van der Waals surface area contributed by atoms with Crippen molar-refractivity contribution >= 4 is 5.78 Å². The molecule has 0 spiro atoms. The number of hydrogen-bond donors (Lipinski definition) is 2. The Morgan fingerprint density at radius 1 is 1.03 bits per heavy atom. The summed E-state index contributed by atoms with van der Waals surface area (Å²) in [6.07, 6.45) is -0.796. The number of nitrogens with one attached hydrogen (secondary N) is 1. The van der Waals surface area contributed by atoms with E-state index in [1.165, 1.54) is 0 Å². The van der Waals surface area contributed by atoms with Gasteiger partial charge in [0.15, 0.2) is 5.78 Å². The number of likely N-dealkylation sites (N-methyl/N-ethyl adjacent to an activating group) is 1. The van der Waals surface area contributed by atoms with Crippen molar-refractivity contribution in [1.82, 2.24) is 10.2 Å². The van der Waals surface area contributed by atoms with Gasteiger partial charge in [-0.3, -0.25) is 4.79 Å². The standard InChI is InChI=1S/C24H34N2O3/c1-3-26(4-2)16-15-25-18-22(27)19-29-23(17-20-11-7-5-8-12-20)24(28)21-13-9-6-10-14-21/h5-14,22-23,25,27H,3-4,15-19H2,1-2H3. The molecule has 0 radical (unpaired) electrons. The van der Waals surface area contributed by atoms with Crippen LogP contribution < -0.4 is 5.32 Å². The molecule has 0 saturated heterocycles. The molecular weight excluding hydrogens is 364 g/mol. The van der Waals surface area contributed by atoms with Gasteiger partial charge in [0.1, 0.15) is 6.10 Å². The smallest absolute Gasteiger partial charge is 0.191 e. The summed E-state index contributed by atoms with van der Waals surface area (Å²) in [4.78, 5) is 15.3. The van der Waals surface area contributed by atoms with Gasteiger partial charge in [-0.25, -0.2) is 0 Å². The zero-order valence-electron chi connectivity index (χ0n) is 17.6. The second-order valence-electron chi connectivity index (χ2n) is 7.13. The van der Waals surface area contributed by atoms with E-state index in [4.69, 9.17) is 4.74 Å². The first kappa shape index (κ1) is 23.2. The molecule has 2 unspecified atom stereocenters. The summed E-state index contributed by atoms with van der Waals surface area (Å²) in [5.74, 6) is -0.0591. The highest BCUT2D eigenvalue weighted by Gasteiger charge is 2.22. The molecule has 29 heavy (non-hydrogen) atoms. The number of nitrogens with zero attached hydrogens (tertiary/aromatic N) is 1. The van der Waals surface area contributed by atoms with Crippen molar-refractivity contribution < 1.29 is 14.6 Å². The first-order valence-electron chi connectivity index (χ1n) is 10.5. The van der Waals surface area contributed by atoms with Crippen LogP contribution in [0, 0.1) is 0 Å². The molecule has 2 atom stereocenters. The molecule has 0 aliphatic heterocycles. The number of benzene rings is 2. The number of aliphatic hydroxyl groups excluding tert-OH is 1. The van der Waals surface area contributed by atoms with Gasteiger partial charge in [0.2, 0.25) is 0 Å². The number of ketones is 1. The van der Waals surface area contributed by atoms with E-state index < -0.39 is 12.2 Å². The fourth-order valence-electron chi connectivity index (χ4n) is 3.18. The quantitative estimate of drug-likeness (QED) is 0.379. The summed E-state index contributed by atoms with van der Waals surface area (Å²) in [6.45, 7) is 8.65. The van der Waals surface area contributed by atoms with Crippen LogP contribution in [0.25, 0.3) is 0 Å². The van der Waals surface area contributed by atoms with Crippen LogP contribution in [-0.2, 0) is 11.2 Å². The average Bonchev–Trinajstić information content (AvgIpc) is 2.77. The van der Waals surface area contributed by atoms with Crippen LogP contribution in [0.3, 0.4) is 0 Å². The van der Waals surface area contributed by atoms with Gasteiger partial charge in [-0.2, -0.15) is 0 Å². The van der Waals surface area contributed by atoms with Crippen LogP contribution in [0.15, 0.2) is 60.7 Å². The zero-order chi connectivity index (χ0) is 20.9. The Bertz CT molecular complexity index is 690. The zero-order valence-corrected chi connectivity index (χ0v) is 17.6. The van der Waals surface area contributed by atoms with Crippen molar-refractivity contribution in [2.24, 2.45) is 0 Å². The van der Waals surface area contributed by atoms with Crippen molar-refractivity contribution in [3.63, 3.8) is 0 Å². The first-order chi connectivity index (χ1) is 14.1. The van der Waals surface area contributed by atoms with Gasteiger partial charge in [0.25, 0.3) is 0 Å². The van der Waals surface area contributed by atoms with Crippen molar-refractivity contribution in [2.45, 2.75) is 32.5 Å². The van der Waals surface area contributed by atoms with E-state index in [0.717, 1.165) is 31.7 Å². The van der Waals surface area contributed by atoms with E-state index in [0.29, 0.717) is 18.5 Å². The van der Waals surface area contributed by atoms with Crippen LogP contribution in [-0.4, -0.2) is 67.3 Å². The molecule has 158 valence electrons. The second-order valence-corrected chi connectivity index (χ2v) is 7.13. The van der Waals surface area contributed by atoms with Crippen LogP contribution in [0.1, 0.15) is 29.8 Å². The molecule has 0 aliphatic rings. The largest absolute Gasteiger partial charge is 0.389 e. The van der Waals surface area contributed by atoms with Crippen molar-refractivity contribution in [3.05, 3.63) is 71.8 Å². The third-order valence-corrected chi connectivity index (χ3v) is 4.98. The third kappa shape index (κ3) is 8.46. The number of ether oxygens (including phenoxy) is 1. The molecule has 0 amide bonds. The van der Waals surface area contributed by atoms with Gasteiger partial charge < -0.3 is 20.1 Å². The summed E-state index contributed by atoms with van der Waals surface area (Å²) in [6, 6.07) is 19.0. The molecule has 5 heteroatoms. The molecule has 0 heterocycles. The maximum atomic E-state index is 12.9. The number of Topliss-reactive ketones (excluding diaryl/α,β-unsaturated/α-hetero) is 1. The van der Waals surface area contributed by atoms with Gasteiger partial charge in [0, 0.05) is 31.6 Å². The lowest BCUT2D eigenvalue weighted by Gasteiger charge is -2.21. The van der Waals surface area contributed by atoms with Gasteiger partial charge in [-0.05, 0) is 18.7 Å². The van der Waals surface area contributed by atoms with Crippen molar-refractivity contribution in [1.29, 1.82) is 0 Å². The van der Waals surface area contributed by atoms with E-state index in [2.05, 4.69) is 24.1 Å². The number of rotatable bonds is 14. The highest BCUT2D eigenvalue weighted by Crippen LogP contribution is 2.13. The van der Waals surface area contributed by atoms with E-state index in [9.17, 15) is 9.90 Å². The van der Waals surface area contributed by atoms with Crippen LogP contribution in [0.5, 0.6) is 0 Å². The minimum atomic E-state index is -0.659. The lowest BCUT2D eigenvalue weighted by molar-refractivity contribution is -0.00175. The highest BCUT2D eigenvalue weighted by molar-refractivity contribution is 5.99. The Morgan fingerprint density at radius 2 is 1.66 bits per heavy atom. The predicted octanol–water partition coefficient (Wildman–Crippen LogP) is 2.79. The van der Waals surface area contributed by atoms with Gasteiger partial charge in [-0.1, -0.05) is 74.5 Å². The Hall–Kier alpha value is -2.05. The molecular formula is C24H34N2O3. The van der Waals surface area contributed by atoms with E-state index in [1.807, 2.05) is 48.5 Å². The first-order valence-corrected chi connectivity index (χ1v) is 10.5. The second kappa shape index (κ2) is 13.2. The molecule has 2 aromatic rings. The minimum absolute atomic E-state index is 0.0591. The minimum Gasteiger partial charge on any atom is -0.389 e. The molecule has 0 aliphatic carbocycles. The molecule has 0 saturated carbocycles. The summed E-state index contributed by atoms with van der Waals surface area (Å²) in [7, 11) is 0. The molecule has 0 fully saturated rings. The Labute approximate surface area is 174 Å². The molecule has 0 aromatic heterocycles. The van der Waals surface area contributed by atoms with Gasteiger partial charge in [0.05, 0.1) is 12.7 Å². The highest BCUT2D eigenvalue weighted by atomic mass is 16.5. The molecule has 2 rings (SSSR count). The predicted molar refractivity (Wildman–Crippen MR) is 117 cm³/mol. The lowest BCUT2D eigenvalue weighted by Crippen LogP contribution is -2.38. The Morgan fingerprint density at radius 3 is 2.28 bits per heavy atom. The lowest BCUT2D eigenvalue weighted by atomic mass is 10.00. The molecule has 2 N–H and O–H groups in total. The normalized spacial score (nSPS) is 13.4. The molecule has 2 aromatic carbocycles. The summed E-state index contributed by atoms with van der Waals surface area (Å²) < 4.78 is 5.89. The topological polar surface area (TPSA) is 61.8 Å². The molecule has 5 nitrogen and oxygen atoms in total. The maximum absolute atomic E-state index is 12.9. The van der Waals surface area contributed by atoms with Crippen molar-refractivity contribution in [2.75, 3.05) is 39.3 Å². The fraction of sp³-hybridized carbons (Fsp3) is 0.458. The van der Waals surface area contributed by atoms with Crippen LogP contribution >= 0.6 is 0 Å². The monoisotopic (exact) mass is 398 g/mol. The SMILES string of the molecule is CCN(CC)CCNCC(O)COC(Cc1ccccc1)C(=O)c1ccccc1. The summed E-state index contributed by atoms with van der Waals surface area (Å²) in [5.41, 5.74) is 1.66. The van der Waals surface area contributed by atoms with Crippen molar-refractivity contribution in [3.8, 4) is 0 Å². The van der Waals surface area contributed by atoms with Crippen LogP contribution in [0.2, 0.25) is 0 Å². The van der Waals surface area contributed by atoms with Gasteiger partial charge in [-0.15, -0.1) is 0 Å². The summed E-state index contributed by atoms with van der Waals surface area (Å²) in [5, 5.41) is 13.5. The maximum Gasteiger partial charge on any atom is 0.191 e. The number of carbonyl (C=O) groups is 1. The Balaban J connectivity index is 1.87. The molecule has 0 bridgehead atoms. The number of hydrogen-bond acceptors (Lipinski definition) is 5. The van der Waals surface area contributed by atoms with E-state index in [-0.39, 0.29) is 12.4 Å².